The monoisotopic (exact) mass is 253 g/mol. The first-order chi connectivity index (χ1) is 6.63. The second-order valence-electron chi connectivity index (χ2n) is 3.41. The molecule has 4 heteroatoms. The Kier molecular flexibility index (Phi) is 2.33. The Bertz CT molecular complexity index is 488. The first-order valence-corrected chi connectivity index (χ1v) is 5.26. The van der Waals surface area contributed by atoms with E-state index >= 15 is 0 Å². The number of nitrogens with two attached hydrogens (primary N) is 1. The van der Waals surface area contributed by atoms with Gasteiger partial charge in [-0.05, 0) is 41.4 Å². The average Bonchev–Trinajstić information content (AvgIpc) is 2.41. The van der Waals surface area contributed by atoms with Crippen LogP contribution in [-0.4, -0.2) is 9.38 Å². The Morgan fingerprint density at radius 1 is 1.50 bits per heavy atom. The SMILES string of the molecule is Cc1cc(Br)c2nc(C)c(CN)n2c1. The van der Waals surface area contributed by atoms with Crippen molar-refractivity contribution in [2.75, 3.05) is 0 Å². The highest BCUT2D eigenvalue weighted by molar-refractivity contribution is 9.10. The number of aromatic nitrogens is 2. The first-order valence-electron chi connectivity index (χ1n) is 4.47. The van der Waals surface area contributed by atoms with Crippen molar-refractivity contribution in [1.82, 2.24) is 9.38 Å². The molecule has 0 fully saturated rings. The van der Waals surface area contributed by atoms with Crippen LogP contribution in [0.25, 0.3) is 5.65 Å². The minimum absolute atomic E-state index is 0.517. The molecule has 0 aliphatic heterocycles. The van der Waals surface area contributed by atoms with Crippen LogP contribution in [0.3, 0.4) is 0 Å². The molecule has 2 aromatic heterocycles. The molecule has 0 aliphatic carbocycles. The first kappa shape index (κ1) is 9.68. The number of fused-ring (bicyclic) bond motifs is 1. The molecule has 0 aromatic carbocycles. The molecule has 2 aromatic rings. The minimum atomic E-state index is 0.517. The number of halogens is 1. The van der Waals surface area contributed by atoms with E-state index in [0.717, 1.165) is 21.5 Å². The Morgan fingerprint density at radius 2 is 2.21 bits per heavy atom. The lowest BCUT2D eigenvalue weighted by Crippen LogP contribution is -2.02. The number of nitrogens with zero attached hydrogens (tertiary/aromatic N) is 2. The van der Waals surface area contributed by atoms with E-state index in [9.17, 15) is 0 Å². The van der Waals surface area contributed by atoms with Gasteiger partial charge in [0.15, 0.2) is 5.65 Å². The van der Waals surface area contributed by atoms with Crippen LogP contribution < -0.4 is 5.73 Å². The molecule has 2 heterocycles. The highest BCUT2D eigenvalue weighted by Crippen LogP contribution is 2.21. The van der Waals surface area contributed by atoms with Gasteiger partial charge in [-0.3, -0.25) is 0 Å². The summed E-state index contributed by atoms with van der Waals surface area (Å²) in [6, 6.07) is 2.06. The normalized spacial score (nSPS) is 11.1. The topological polar surface area (TPSA) is 43.3 Å². The smallest absolute Gasteiger partial charge is 0.151 e. The Hall–Kier alpha value is -0.870. The van der Waals surface area contributed by atoms with E-state index in [0.29, 0.717) is 6.54 Å². The Balaban J connectivity index is 2.87. The summed E-state index contributed by atoms with van der Waals surface area (Å²) in [6.45, 7) is 4.56. The summed E-state index contributed by atoms with van der Waals surface area (Å²) in [6.07, 6.45) is 2.06. The summed E-state index contributed by atoms with van der Waals surface area (Å²) >= 11 is 3.50. The maximum absolute atomic E-state index is 5.69. The van der Waals surface area contributed by atoms with Gasteiger partial charge in [-0.15, -0.1) is 0 Å². The maximum atomic E-state index is 5.69. The number of hydrogen-bond donors (Lipinski definition) is 1. The summed E-state index contributed by atoms with van der Waals surface area (Å²) in [5, 5.41) is 0. The minimum Gasteiger partial charge on any atom is -0.325 e. The fraction of sp³-hybridized carbons (Fsp3) is 0.300. The lowest BCUT2D eigenvalue weighted by Gasteiger charge is -2.02. The Labute approximate surface area is 91.1 Å². The molecule has 0 atom stereocenters. The van der Waals surface area contributed by atoms with Crippen molar-refractivity contribution in [3.8, 4) is 0 Å². The second-order valence-corrected chi connectivity index (χ2v) is 4.26. The van der Waals surface area contributed by atoms with Crippen LogP contribution >= 0.6 is 15.9 Å². The summed E-state index contributed by atoms with van der Waals surface area (Å²) in [5.41, 5.74) is 9.89. The lowest BCUT2D eigenvalue weighted by atomic mass is 10.3. The highest BCUT2D eigenvalue weighted by atomic mass is 79.9. The standard InChI is InChI=1S/C10H12BrN3/c1-6-3-8(11)10-13-7(2)9(4-12)14(10)5-6/h3,5H,4,12H2,1-2H3. The van der Waals surface area contributed by atoms with Crippen molar-refractivity contribution < 1.29 is 0 Å². The summed E-state index contributed by atoms with van der Waals surface area (Å²) < 4.78 is 3.06. The van der Waals surface area contributed by atoms with Gasteiger partial charge in [-0.2, -0.15) is 0 Å². The zero-order valence-electron chi connectivity index (χ0n) is 8.21. The summed E-state index contributed by atoms with van der Waals surface area (Å²) in [7, 11) is 0. The molecule has 74 valence electrons. The molecule has 0 radical (unpaired) electrons. The van der Waals surface area contributed by atoms with Crippen molar-refractivity contribution in [1.29, 1.82) is 0 Å². The third kappa shape index (κ3) is 1.35. The van der Waals surface area contributed by atoms with Gasteiger partial charge in [0.05, 0.1) is 15.9 Å². The molecule has 0 saturated carbocycles. The van der Waals surface area contributed by atoms with Crippen LogP contribution in [0, 0.1) is 13.8 Å². The fourth-order valence-electron chi connectivity index (χ4n) is 1.64. The van der Waals surface area contributed by atoms with E-state index in [2.05, 4.69) is 44.5 Å². The van der Waals surface area contributed by atoms with Crippen molar-refractivity contribution in [2.24, 2.45) is 5.73 Å². The quantitative estimate of drug-likeness (QED) is 0.847. The van der Waals surface area contributed by atoms with Crippen molar-refractivity contribution in [3.63, 3.8) is 0 Å². The van der Waals surface area contributed by atoms with Crippen LogP contribution in [0.1, 0.15) is 17.0 Å². The number of pyridine rings is 1. The molecule has 3 nitrogen and oxygen atoms in total. The van der Waals surface area contributed by atoms with Crippen LogP contribution in [0.5, 0.6) is 0 Å². The van der Waals surface area contributed by atoms with Gasteiger partial charge in [0.2, 0.25) is 0 Å². The van der Waals surface area contributed by atoms with Crippen LogP contribution in [0.15, 0.2) is 16.7 Å². The third-order valence-corrected chi connectivity index (χ3v) is 2.89. The molecule has 0 aliphatic rings. The van der Waals surface area contributed by atoms with Crippen molar-refractivity contribution in [3.05, 3.63) is 33.7 Å². The maximum Gasteiger partial charge on any atom is 0.151 e. The second kappa shape index (κ2) is 3.37. The van der Waals surface area contributed by atoms with Gasteiger partial charge in [0, 0.05) is 12.7 Å². The summed E-state index contributed by atoms with van der Waals surface area (Å²) in [5.74, 6) is 0. The van der Waals surface area contributed by atoms with Crippen LogP contribution in [0.4, 0.5) is 0 Å². The van der Waals surface area contributed by atoms with Gasteiger partial charge >= 0.3 is 0 Å². The lowest BCUT2D eigenvalue weighted by molar-refractivity contribution is 0.938. The van der Waals surface area contributed by atoms with Gasteiger partial charge in [0.25, 0.3) is 0 Å². The van der Waals surface area contributed by atoms with Gasteiger partial charge in [-0.1, -0.05) is 0 Å². The zero-order valence-corrected chi connectivity index (χ0v) is 9.80. The fourth-order valence-corrected chi connectivity index (χ4v) is 2.28. The molecular formula is C10H12BrN3. The molecule has 2 N–H and O–H groups in total. The van der Waals surface area contributed by atoms with Gasteiger partial charge in [-0.25, -0.2) is 4.98 Å². The average molecular weight is 254 g/mol. The molecular weight excluding hydrogens is 242 g/mol. The number of aryl methyl sites for hydroxylation is 2. The highest BCUT2D eigenvalue weighted by Gasteiger charge is 2.09. The van der Waals surface area contributed by atoms with E-state index < -0.39 is 0 Å². The zero-order chi connectivity index (χ0) is 10.3. The van der Waals surface area contributed by atoms with Crippen LogP contribution in [0.2, 0.25) is 0 Å². The number of rotatable bonds is 1. The van der Waals surface area contributed by atoms with Crippen molar-refractivity contribution in [2.45, 2.75) is 20.4 Å². The molecule has 0 bridgehead atoms. The predicted octanol–water partition coefficient (Wildman–Crippen LogP) is 2.17. The van der Waals surface area contributed by atoms with Gasteiger partial charge in [0.1, 0.15) is 0 Å². The molecule has 14 heavy (non-hydrogen) atoms. The largest absolute Gasteiger partial charge is 0.325 e. The molecule has 2 rings (SSSR count). The van der Waals surface area contributed by atoms with E-state index in [1.54, 1.807) is 0 Å². The van der Waals surface area contributed by atoms with E-state index in [-0.39, 0.29) is 0 Å². The summed E-state index contributed by atoms with van der Waals surface area (Å²) in [4.78, 5) is 4.46. The van der Waals surface area contributed by atoms with E-state index in [1.165, 1.54) is 5.56 Å². The number of imidazole rings is 1. The molecule has 0 amide bonds. The Morgan fingerprint density at radius 3 is 2.86 bits per heavy atom. The molecule has 0 saturated heterocycles. The predicted molar refractivity (Wildman–Crippen MR) is 60.3 cm³/mol. The molecule has 0 unspecified atom stereocenters. The van der Waals surface area contributed by atoms with E-state index in [1.807, 2.05) is 6.92 Å². The van der Waals surface area contributed by atoms with Gasteiger partial charge < -0.3 is 10.1 Å². The van der Waals surface area contributed by atoms with Crippen molar-refractivity contribution >= 4 is 21.6 Å². The number of hydrogen-bond acceptors (Lipinski definition) is 2. The van der Waals surface area contributed by atoms with Crippen LogP contribution in [-0.2, 0) is 6.54 Å². The third-order valence-electron chi connectivity index (χ3n) is 2.30. The molecule has 0 spiro atoms. The van der Waals surface area contributed by atoms with E-state index in [4.69, 9.17) is 5.73 Å².